The van der Waals surface area contributed by atoms with Crippen LogP contribution in [-0.2, 0) is 6.54 Å². The Balaban J connectivity index is 2.10. The standard InChI is InChI=1S/C13H15ClN2O/c1-2-7-15-9-10-8-13(17-16-10)11-5-3-4-6-12(11)14/h3-6,8,15H,2,7,9H2,1H3. The summed E-state index contributed by atoms with van der Waals surface area (Å²) in [5.41, 5.74) is 1.77. The minimum Gasteiger partial charge on any atom is -0.356 e. The number of benzene rings is 1. The Morgan fingerprint density at radius 1 is 1.35 bits per heavy atom. The van der Waals surface area contributed by atoms with Gasteiger partial charge in [0.2, 0.25) is 0 Å². The van der Waals surface area contributed by atoms with Gasteiger partial charge >= 0.3 is 0 Å². The molecule has 0 amide bonds. The van der Waals surface area contributed by atoms with Crippen molar-refractivity contribution >= 4 is 11.6 Å². The summed E-state index contributed by atoms with van der Waals surface area (Å²) < 4.78 is 5.29. The molecule has 0 fully saturated rings. The van der Waals surface area contributed by atoms with Crippen LogP contribution in [0.1, 0.15) is 19.0 Å². The molecule has 0 unspecified atom stereocenters. The average molecular weight is 251 g/mol. The third-order valence-corrected chi connectivity index (χ3v) is 2.76. The van der Waals surface area contributed by atoms with E-state index in [1.165, 1.54) is 0 Å². The highest BCUT2D eigenvalue weighted by atomic mass is 35.5. The zero-order valence-corrected chi connectivity index (χ0v) is 10.5. The van der Waals surface area contributed by atoms with Crippen LogP contribution in [0.3, 0.4) is 0 Å². The Morgan fingerprint density at radius 3 is 2.94 bits per heavy atom. The molecule has 0 aliphatic rings. The van der Waals surface area contributed by atoms with Crippen LogP contribution in [0.2, 0.25) is 5.02 Å². The lowest BCUT2D eigenvalue weighted by molar-refractivity contribution is 0.420. The van der Waals surface area contributed by atoms with Gasteiger partial charge < -0.3 is 9.84 Å². The van der Waals surface area contributed by atoms with Gasteiger partial charge in [0, 0.05) is 18.2 Å². The summed E-state index contributed by atoms with van der Waals surface area (Å²) >= 11 is 6.09. The molecule has 3 nitrogen and oxygen atoms in total. The Morgan fingerprint density at radius 2 is 2.18 bits per heavy atom. The predicted molar refractivity (Wildman–Crippen MR) is 68.9 cm³/mol. The normalized spacial score (nSPS) is 10.7. The Labute approximate surface area is 106 Å². The molecule has 0 aliphatic heterocycles. The van der Waals surface area contributed by atoms with E-state index in [9.17, 15) is 0 Å². The minimum atomic E-state index is 0.678. The molecular weight excluding hydrogens is 236 g/mol. The number of halogens is 1. The predicted octanol–water partition coefficient (Wildman–Crippen LogP) is 3.49. The molecule has 0 bridgehead atoms. The first kappa shape index (κ1) is 12.1. The van der Waals surface area contributed by atoms with Gasteiger partial charge in [0.25, 0.3) is 0 Å². The van der Waals surface area contributed by atoms with Gasteiger partial charge in [-0.15, -0.1) is 0 Å². The van der Waals surface area contributed by atoms with Crippen LogP contribution >= 0.6 is 11.6 Å². The number of aromatic nitrogens is 1. The molecule has 90 valence electrons. The molecule has 0 spiro atoms. The van der Waals surface area contributed by atoms with Crippen LogP contribution in [0.15, 0.2) is 34.9 Å². The van der Waals surface area contributed by atoms with E-state index in [-0.39, 0.29) is 0 Å². The van der Waals surface area contributed by atoms with E-state index in [4.69, 9.17) is 16.1 Å². The van der Waals surface area contributed by atoms with Gasteiger partial charge in [0.1, 0.15) is 0 Å². The molecule has 4 heteroatoms. The van der Waals surface area contributed by atoms with Crippen LogP contribution in [0.4, 0.5) is 0 Å². The number of hydrogen-bond acceptors (Lipinski definition) is 3. The molecule has 1 N–H and O–H groups in total. The van der Waals surface area contributed by atoms with Gasteiger partial charge in [-0.05, 0) is 25.1 Å². The third kappa shape index (κ3) is 3.08. The molecule has 1 heterocycles. The summed E-state index contributed by atoms with van der Waals surface area (Å²) in [5, 5.41) is 7.96. The Kier molecular flexibility index (Phi) is 4.18. The third-order valence-electron chi connectivity index (χ3n) is 2.43. The molecule has 0 saturated heterocycles. The average Bonchev–Trinajstić information content (AvgIpc) is 2.79. The van der Waals surface area contributed by atoms with Gasteiger partial charge in [-0.25, -0.2) is 0 Å². The number of nitrogens with zero attached hydrogens (tertiary/aromatic N) is 1. The van der Waals surface area contributed by atoms with Crippen molar-refractivity contribution in [2.75, 3.05) is 6.54 Å². The molecule has 0 saturated carbocycles. The second-order valence-electron chi connectivity index (χ2n) is 3.84. The topological polar surface area (TPSA) is 38.1 Å². The SMILES string of the molecule is CCCNCc1cc(-c2ccccc2Cl)on1. The number of rotatable bonds is 5. The first-order chi connectivity index (χ1) is 8.31. The molecule has 0 atom stereocenters. The summed E-state index contributed by atoms with van der Waals surface area (Å²) in [6.45, 7) is 3.83. The van der Waals surface area contributed by atoms with Crippen molar-refractivity contribution in [2.24, 2.45) is 0 Å². The molecular formula is C13H15ClN2O. The summed E-state index contributed by atoms with van der Waals surface area (Å²) in [6.07, 6.45) is 1.11. The van der Waals surface area contributed by atoms with E-state index in [1.54, 1.807) is 0 Å². The molecule has 0 aliphatic carbocycles. The Hall–Kier alpha value is -1.32. The van der Waals surface area contributed by atoms with Crippen LogP contribution in [0, 0.1) is 0 Å². The molecule has 2 aromatic rings. The molecule has 0 radical (unpaired) electrons. The maximum absolute atomic E-state index is 6.09. The van der Waals surface area contributed by atoms with E-state index in [1.807, 2.05) is 30.3 Å². The first-order valence-corrected chi connectivity index (χ1v) is 6.10. The first-order valence-electron chi connectivity index (χ1n) is 5.72. The summed E-state index contributed by atoms with van der Waals surface area (Å²) in [5.74, 6) is 0.712. The summed E-state index contributed by atoms with van der Waals surface area (Å²) in [7, 11) is 0. The lowest BCUT2D eigenvalue weighted by Gasteiger charge is -1.97. The zero-order chi connectivity index (χ0) is 12.1. The molecule has 1 aromatic carbocycles. The van der Waals surface area contributed by atoms with Crippen LogP contribution in [0.5, 0.6) is 0 Å². The van der Waals surface area contributed by atoms with Crippen LogP contribution in [-0.4, -0.2) is 11.7 Å². The molecule has 2 rings (SSSR count). The van der Waals surface area contributed by atoms with Gasteiger partial charge in [0.15, 0.2) is 5.76 Å². The number of nitrogens with one attached hydrogen (secondary N) is 1. The van der Waals surface area contributed by atoms with Crippen molar-refractivity contribution < 1.29 is 4.52 Å². The zero-order valence-electron chi connectivity index (χ0n) is 9.74. The van der Waals surface area contributed by atoms with Gasteiger partial charge in [0.05, 0.1) is 10.7 Å². The second-order valence-corrected chi connectivity index (χ2v) is 4.25. The van der Waals surface area contributed by atoms with E-state index in [0.717, 1.165) is 30.8 Å². The fourth-order valence-electron chi connectivity index (χ4n) is 1.58. The van der Waals surface area contributed by atoms with Gasteiger partial charge in [-0.3, -0.25) is 0 Å². The summed E-state index contributed by atoms with van der Waals surface area (Å²) in [6, 6.07) is 9.51. The summed E-state index contributed by atoms with van der Waals surface area (Å²) in [4.78, 5) is 0. The van der Waals surface area contributed by atoms with Crippen molar-refractivity contribution in [3.05, 3.63) is 41.0 Å². The van der Waals surface area contributed by atoms with Gasteiger partial charge in [-0.1, -0.05) is 35.8 Å². The van der Waals surface area contributed by atoms with Crippen molar-refractivity contribution in [3.8, 4) is 11.3 Å². The second kappa shape index (κ2) is 5.84. The highest BCUT2D eigenvalue weighted by molar-refractivity contribution is 6.33. The largest absolute Gasteiger partial charge is 0.356 e. The highest BCUT2D eigenvalue weighted by Gasteiger charge is 2.09. The van der Waals surface area contributed by atoms with E-state index < -0.39 is 0 Å². The maximum atomic E-state index is 6.09. The fourth-order valence-corrected chi connectivity index (χ4v) is 1.81. The smallest absolute Gasteiger partial charge is 0.168 e. The number of hydrogen-bond donors (Lipinski definition) is 1. The molecule has 1 aromatic heterocycles. The highest BCUT2D eigenvalue weighted by Crippen LogP contribution is 2.27. The van der Waals surface area contributed by atoms with Crippen molar-refractivity contribution in [1.29, 1.82) is 0 Å². The lowest BCUT2D eigenvalue weighted by atomic mass is 10.1. The Bertz CT molecular complexity index is 482. The van der Waals surface area contributed by atoms with E-state index in [2.05, 4.69) is 17.4 Å². The lowest BCUT2D eigenvalue weighted by Crippen LogP contribution is -2.13. The van der Waals surface area contributed by atoms with Crippen molar-refractivity contribution in [2.45, 2.75) is 19.9 Å². The van der Waals surface area contributed by atoms with Gasteiger partial charge in [-0.2, -0.15) is 0 Å². The van der Waals surface area contributed by atoms with Crippen molar-refractivity contribution in [1.82, 2.24) is 10.5 Å². The van der Waals surface area contributed by atoms with Crippen molar-refractivity contribution in [3.63, 3.8) is 0 Å². The molecule has 17 heavy (non-hydrogen) atoms. The van der Waals surface area contributed by atoms with Crippen LogP contribution in [0.25, 0.3) is 11.3 Å². The minimum absolute atomic E-state index is 0.678. The van der Waals surface area contributed by atoms with Crippen LogP contribution < -0.4 is 5.32 Å². The fraction of sp³-hybridized carbons (Fsp3) is 0.308. The monoisotopic (exact) mass is 250 g/mol. The maximum Gasteiger partial charge on any atom is 0.168 e. The van der Waals surface area contributed by atoms with E-state index >= 15 is 0 Å². The quantitative estimate of drug-likeness (QED) is 0.826. The van der Waals surface area contributed by atoms with E-state index in [0.29, 0.717) is 10.8 Å².